The molecule has 3 N–H and O–H groups in total. The summed E-state index contributed by atoms with van der Waals surface area (Å²) in [6, 6.07) is 1.88. The van der Waals surface area contributed by atoms with Crippen molar-refractivity contribution in [2.45, 2.75) is 6.54 Å². The predicted octanol–water partition coefficient (Wildman–Crippen LogP) is 1.26. The van der Waals surface area contributed by atoms with Gasteiger partial charge in [0, 0.05) is 12.1 Å². The van der Waals surface area contributed by atoms with Crippen molar-refractivity contribution in [2.75, 3.05) is 11.1 Å². The Morgan fingerprint density at radius 3 is 2.79 bits per heavy atom. The van der Waals surface area contributed by atoms with Gasteiger partial charge in [0.15, 0.2) is 0 Å². The van der Waals surface area contributed by atoms with E-state index in [-0.39, 0.29) is 0 Å². The maximum Gasteiger partial charge on any atom is 0.222 e. The summed E-state index contributed by atoms with van der Waals surface area (Å²) in [7, 11) is 0. The third-order valence-electron chi connectivity index (χ3n) is 1.70. The molecule has 5 nitrogen and oxygen atoms in total. The van der Waals surface area contributed by atoms with Gasteiger partial charge in [0.05, 0.1) is 30.6 Å². The number of anilines is 2. The van der Waals surface area contributed by atoms with Crippen LogP contribution in [0.25, 0.3) is 0 Å². The number of nitrogens with two attached hydrogens (primary N) is 1. The summed E-state index contributed by atoms with van der Waals surface area (Å²) >= 11 is 0. The van der Waals surface area contributed by atoms with Crippen LogP contribution >= 0.6 is 0 Å². The van der Waals surface area contributed by atoms with Gasteiger partial charge >= 0.3 is 0 Å². The Morgan fingerprint density at radius 2 is 2.14 bits per heavy atom. The molecule has 72 valence electrons. The molecule has 0 unspecified atom stereocenters. The van der Waals surface area contributed by atoms with Crippen molar-refractivity contribution >= 4 is 11.6 Å². The molecular formula is C9H10N4O. The highest BCUT2D eigenvalue weighted by molar-refractivity contribution is 5.36. The lowest BCUT2D eigenvalue weighted by atomic mass is 10.3. The van der Waals surface area contributed by atoms with Gasteiger partial charge in [-0.3, -0.25) is 0 Å². The summed E-state index contributed by atoms with van der Waals surface area (Å²) in [4.78, 5) is 8.00. The Bertz CT molecular complexity index is 382. The summed E-state index contributed by atoms with van der Waals surface area (Å²) in [6.45, 7) is 0.639. The number of hydrogen-bond donors (Lipinski definition) is 2. The molecule has 0 aromatic carbocycles. The van der Waals surface area contributed by atoms with E-state index >= 15 is 0 Å². The first-order chi connectivity index (χ1) is 6.84. The zero-order valence-electron chi connectivity index (χ0n) is 7.47. The molecule has 14 heavy (non-hydrogen) atoms. The van der Waals surface area contributed by atoms with E-state index in [2.05, 4.69) is 15.3 Å². The van der Waals surface area contributed by atoms with E-state index in [0.717, 1.165) is 5.56 Å². The fourth-order valence-electron chi connectivity index (χ4n) is 1.00. The Labute approximate surface area is 81.0 Å². The van der Waals surface area contributed by atoms with E-state index in [0.29, 0.717) is 18.2 Å². The lowest BCUT2D eigenvalue weighted by molar-refractivity contribution is 0.564. The second kappa shape index (κ2) is 3.78. The van der Waals surface area contributed by atoms with E-state index in [1.165, 1.54) is 0 Å². The lowest BCUT2D eigenvalue weighted by Crippen LogP contribution is -2.02. The zero-order valence-corrected chi connectivity index (χ0v) is 7.47. The highest BCUT2D eigenvalue weighted by Crippen LogP contribution is 2.04. The molecule has 0 aliphatic carbocycles. The maximum absolute atomic E-state index is 5.45. The van der Waals surface area contributed by atoms with Crippen molar-refractivity contribution in [3.63, 3.8) is 0 Å². The highest BCUT2D eigenvalue weighted by atomic mass is 16.3. The fourth-order valence-corrected chi connectivity index (χ4v) is 1.00. The Morgan fingerprint density at radius 1 is 1.36 bits per heavy atom. The van der Waals surface area contributed by atoms with Crippen molar-refractivity contribution in [2.24, 2.45) is 0 Å². The SMILES string of the molecule is Nc1cnc(NCc2ccoc2)nc1. The number of nitrogens with one attached hydrogen (secondary N) is 1. The summed E-state index contributed by atoms with van der Waals surface area (Å²) in [5.41, 5.74) is 7.05. The zero-order chi connectivity index (χ0) is 9.80. The summed E-state index contributed by atoms with van der Waals surface area (Å²) in [5, 5.41) is 3.04. The van der Waals surface area contributed by atoms with Gasteiger partial charge < -0.3 is 15.5 Å². The van der Waals surface area contributed by atoms with E-state index in [1.54, 1.807) is 24.9 Å². The highest BCUT2D eigenvalue weighted by Gasteiger charge is 1.96. The topological polar surface area (TPSA) is 77.0 Å². The van der Waals surface area contributed by atoms with Crippen LogP contribution in [0.15, 0.2) is 35.4 Å². The smallest absolute Gasteiger partial charge is 0.222 e. The second-order valence-electron chi connectivity index (χ2n) is 2.83. The van der Waals surface area contributed by atoms with E-state index in [1.807, 2.05) is 6.07 Å². The minimum atomic E-state index is 0.555. The summed E-state index contributed by atoms with van der Waals surface area (Å²) < 4.78 is 4.92. The lowest BCUT2D eigenvalue weighted by Gasteiger charge is -2.01. The average molecular weight is 190 g/mol. The average Bonchev–Trinajstić information content (AvgIpc) is 2.70. The fraction of sp³-hybridized carbons (Fsp3) is 0.111. The molecule has 0 amide bonds. The van der Waals surface area contributed by atoms with Crippen LogP contribution in [0.3, 0.4) is 0 Å². The molecular weight excluding hydrogens is 180 g/mol. The van der Waals surface area contributed by atoms with Gasteiger partial charge in [0.1, 0.15) is 0 Å². The standard InChI is InChI=1S/C9H10N4O/c10-8-4-12-9(13-5-8)11-3-7-1-2-14-6-7/h1-2,4-6H,3,10H2,(H,11,12,13). The number of nitrogens with zero attached hydrogens (tertiary/aromatic N) is 2. The predicted molar refractivity (Wildman–Crippen MR) is 52.5 cm³/mol. The number of aromatic nitrogens is 2. The van der Waals surface area contributed by atoms with Gasteiger partial charge in [-0.25, -0.2) is 9.97 Å². The van der Waals surface area contributed by atoms with Crippen LogP contribution in [-0.4, -0.2) is 9.97 Å². The van der Waals surface area contributed by atoms with Gasteiger partial charge in [-0.2, -0.15) is 0 Å². The molecule has 5 heteroatoms. The molecule has 0 atom stereocenters. The number of hydrogen-bond acceptors (Lipinski definition) is 5. The van der Waals surface area contributed by atoms with E-state index < -0.39 is 0 Å². The van der Waals surface area contributed by atoms with Gasteiger partial charge in [0.25, 0.3) is 0 Å². The Hall–Kier alpha value is -2.04. The van der Waals surface area contributed by atoms with Gasteiger partial charge in [0.2, 0.25) is 5.95 Å². The van der Waals surface area contributed by atoms with Crippen LogP contribution in [0.2, 0.25) is 0 Å². The maximum atomic E-state index is 5.45. The van der Waals surface area contributed by atoms with Crippen molar-refractivity contribution in [3.8, 4) is 0 Å². The molecule has 2 heterocycles. The molecule has 0 radical (unpaired) electrons. The number of rotatable bonds is 3. The third-order valence-corrected chi connectivity index (χ3v) is 1.70. The van der Waals surface area contributed by atoms with Crippen LogP contribution in [0.4, 0.5) is 11.6 Å². The van der Waals surface area contributed by atoms with Crippen LogP contribution in [0.5, 0.6) is 0 Å². The van der Waals surface area contributed by atoms with Crippen LogP contribution in [-0.2, 0) is 6.54 Å². The summed E-state index contributed by atoms with van der Waals surface area (Å²) in [5.74, 6) is 0.556. The monoisotopic (exact) mass is 190 g/mol. The molecule has 2 aromatic heterocycles. The van der Waals surface area contributed by atoms with Crippen LogP contribution in [0, 0.1) is 0 Å². The molecule has 0 spiro atoms. The first-order valence-corrected chi connectivity index (χ1v) is 4.17. The molecule has 0 saturated heterocycles. The normalized spacial score (nSPS) is 10.0. The Balaban J connectivity index is 1.95. The van der Waals surface area contributed by atoms with Crippen LogP contribution in [0.1, 0.15) is 5.56 Å². The molecule has 0 bridgehead atoms. The quantitative estimate of drug-likeness (QED) is 0.762. The third kappa shape index (κ3) is 2.01. The number of nitrogen functional groups attached to an aromatic ring is 1. The van der Waals surface area contributed by atoms with Gasteiger partial charge in [-0.05, 0) is 6.07 Å². The molecule has 2 aromatic rings. The van der Waals surface area contributed by atoms with Crippen molar-refractivity contribution in [1.82, 2.24) is 9.97 Å². The van der Waals surface area contributed by atoms with Gasteiger partial charge in [-0.15, -0.1) is 0 Å². The summed E-state index contributed by atoms with van der Waals surface area (Å²) in [6.07, 6.45) is 6.42. The second-order valence-corrected chi connectivity index (χ2v) is 2.83. The number of furan rings is 1. The molecule has 0 aliphatic rings. The Kier molecular flexibility index (Phi) is 2.31. The van der Waals surface area contributed by atoms with Crippen molar-refractivity contribution in [1.29, 1.82) is 0 Å². The van der Waals surface area contributed by atoms with Gasteiger partial charge in [-0.1, -0.05) is 0 Å². The first kappa shape index (κ1) is 8.55. The van der Waals surface area contributed by atoms with Crippen molar-refractivity contribution < 1.29 is 4.42 Å². The van der Waals surface area contributed by atoms with E-state index in [9.17, 15) is 0 Å². The van der Waals surface area contributed by atoms with Crippen LogP contribution < -0.4 is 11.1 Å². The first-order valence-electron chi connectivity index (χ1n) is 4.17. The largest absolute Gasteiger partial charge is 0.472 e. The van der Waals surface area contributed by atoms with Crippen molar-refractivity contribution in [3.05, 3.63) is 36.5 Å². The van der Waals surface area contributed by atoms with E-state index in [4.69, 9.17) is 10.2 Å². The minimum absolute atomic E-state index is 0.555. The molecule has 2 rings (SSSR count). The molecule has 0 aliphatic heterocycles. The molecule has 0 saturated carbocycles. The molecule has 0 fully saturated rings. The minimum Gasteiger partial charge on any atom is -0.472 e.